The van der Waals surface area contributed by atoms with E-state index >= 15 is 0 Å². The lowest BCUT2D eigenvalue weighted by atomic mass is 10.1. The molecule has 0 radical (unpaired) electrons. The average molecular weight is 389 g/mol. The zero-order valence-electron chi connectivity index (χ0n) is 17.6. The fourth-order valence-corrected chi connectivity index (χ4v) is 2.85. The number of aliphatic imine (C=N–C) groups is 1. The van der Waals surface area contributed by atoms with Crippen LogP contribution in [0.3, 0.4) is 0 Å². The van der Waals surface area contributed by atoms with Gasteiger partial charge in [0.2, 0.25) is 5.91 Å². The average Bonchev–Trinajstić information content (AvgIpc) is 3.13. The van der Waals surface area contributed by atoms with Crippen molar-refractivity contribution in [3.05, 3.63) is 35.4 Å². The zero-order chi connectivity index (χ0) is 20.7. The first kappa shape index (κ1) is 21.9. The van der Waals surface area contributed by atoms with E-state index in [1.807, 2.05) is 59.1 Å². The molecular formula is C21H32N4O3. The summed E-state index contributed by atoms with van der Waals surface area (Å²) in [5, 5.41) is 2.99. The van der Waals surface area contributed by atoms with Crippen molar-refractivity contribution in [2.75, 3.05) is 40.3 Å². The summed E-state index contributed by atoms with van der Waals surface area (Å²) < 4.78 is 5.48. The van der Waals surface area contributed by atoms with E-state index in [-0.39, 0.29) is 12.0 Å². The number of amidine groups is 1. The van der Waals surface area contributed by atoms with Gasteiger partial charge in [-0.05, 0) is 39.8 Å². The van der Waals surface area contributed by atoms with E-state index < -0.39 is 5.60 Å². The molecule has 0 saturated carbocycles. The van der Waals surface area contributed by atoms with E-state index in [0.29, 0.717) is 38.4 Å². The minimum absolute atomic E-state index is 0.138. The number of ether oxygens (including phenoxy) is 1. The summed E-state index contributed by atoms with van der Waals surface area (Å²) in [5.74, 6) is 0.791. The van der Waals surface area contributed by atoms with Crippen molar-refractivity contribution in [3.8, 4) is 0 Å². The molecule has 0 bridgehead atoms. The van der Waals surface area contributed by atoms with Crippen molar-refractivity contribution in [2.24, 2.45) is 4.99 Å². The number of nitrogens with zero attached hydrogens (tertiary/aromatic N) is 3. The Kier molecular flexibility index (Phi) is 7.57. The molecular weight excluding hydrogens is 356 g/mol. The van der Waals surface area contributed by atoms with Gasteiger partial charge < -0.3 is 15.0 Å². The van der Waals surface area contributed by atoms with Gasteiger partial charge in [0.25, 0.3) is 0 Å². The highest BCUT2D eigenvalue weighted by molar-refractivity contribution is 6.07. The van der Waals surface area contributed by atoms with E-state index in [2.05, 4.69) is 10.3 Å². The quantitative estimate of drug-likeness (QED) is 0.778. The highest BCUT2D eigenvalue weighted by Gasteiger charge is 2.29. The summed E-state index contributed by atoms with van der Waals surface area (Å²) in [6.45, 7) is 8.04. The molecule has 1 heterocycles. The van der Waals surface area contributed by atoms with Gasteiger partial charge in [0.1, 0.15) is 11.4 Å². The number of carbonyl (C=O) groups is 2. The topological polar surface area (TPSA) is 74.2 Å². The third-order valence-corrected chi connectivity index (χ3v) is 4.42. The minimum Gasteiger partial charge on any atom is -0.443 e. The maximum absolute atomic E-state index is 12.4. The minimum atomic E-state index is -0.536. The summed E-state index contributed by atoms with van der Waals surface area (Å²) in [6, 6.07) is 7.99. The van der Waals surface area contributed by atoms with Gasteiger partial charge in [0.15, 0.2) is 0 Å². The first-order valence-electron chi connectivity index (χ1n) is 9.74. The Morgan fingerprint density at radius 2 is 1.93 bits per heavy atom. The summed E-state index contributed by atoms with van der Waals surface area (Å²) in [5.41, 5.74) is 1.50. The number of carbonyl (C=O) groups excluding carboxylic acids is 2. The lowest BCUT2D eigenvalue weighted by Gasteiger charge is -2.25. The van der Waals surface area contributed by atoms with Crippen molar-refractivity contribution in [2.45, 2.75) is 39.2 Å². The lowest BCUT2D eigenvalue weighted by molar-refractivity contribution is -0.129. The summed E-state index contributed by atoms with van der Waals surface area (Å²) in [6.07, 6.45) is 0.922. The van der Waals surface area contributed by atoms with Crippen LogP contribution in [0, 0.1) is 0 Å². The fourth-order valence-electron chi connectivity index (χ4n) is 2.85. The predicted octanol–water partition coefficient (Wildman–Crippen LogP) is 2.29. The van der Waals surface area contributed by atoms with E-state index in [9.17, 15) is 9.59 Å². The molecule has 0 aromatic heterocycles. The van der Waals surface area contributed by atoms with Crippen LogP contribution in [-0.4, -0.2) is 73.5 Å². The lowest BCUT2D eigenvalue weighted by Crippen LogP contribution is -2.39. The van der Waals surface area contributed by atoms with Gasteiger partial charge in [-0.25, -0.2) is 4.79 Å². The Morgan fingerprint density at radius 1 is 1.25 bits per heavy atom. The molecule has 154 valence electrons. The molecule has 0 spiro atoms. The number of hydrogen-bond acceptors (Lipinski definition) is 5. The monoisotopic (exact) mass is 388 g/mol. The standard InChI is InChI=1S/C21H32N4O3/c1-21(2,3)28-20(27)25-15-13-23-19(25)17-8-6-16(7-9-17)11-14-24(5)18(26)10-12-22-4/h6-9,22H,10-15H2,1-5H3. The number of nitrogens with one attached hydrogen (secondary N) is 1. The molecule has 28 heavy (non-hydrogen) atoms. The van der Waals surface area contributed by atoms with Crippen LogP contribution in [0.4, 0.5) is 4.79 Å². The van der Waals surface area contributed by atoms with Gasteiger partial charge >= 0.3 is 6.09 Å². The second-order valence-electron chi connectivity index (χ2n) is 7.95. The zero-order valence-corrected chi connectivity index (χ0v) is 17.6. The van der Waals surface area contributed by atoms with Crippen LogP contribution in [-0.2, 0) is 16.0 Å². The van der Waals surface area contributed by atoms with Gasteiger partial charge in [-0.2, -0.15) is 0 Å². The van der Waals surface area contributed by atoms with Gasteiger partial charge in [0, 0.05) is 32.1 Å². The molecule has 0 atom stereocenters. The van der Waals surface area contributed by atoms with E-state index in [1.165, 1.54) is 0 Å². The van der Waals surface area contributed by atoms with Crippen LogP contribution in [0.1, 0.15) is 38.3 Å². The number of rotatable bonds is 7. The number of benzene rings is 1. The molecule has 7 nitrogen and oxygen atoms in total. The smallest absolute Gasteiger partial charge is 0.416 e. The predicted molar refractivity (Wildman–Crippen MR) is 111 cm³/mol. The van der Waals surface area contributed by atoms with Gasteiger partial charge in [-0.15, -0.1) is 0 Å². The van der Waals surface area contributed by atoms with Crippen molar-refractivity contribution in [1.82, 2.24) is 15.1 Å². The highest BCUT2D eigenvalue weighted by Crippen LogP contribution is 2.17. The maximum atomic E-state index is 12.4. The van der Waals surface area contributed by atoms with Crippen LogP contribution < -0.4 is 5.32 Å². The summed E-state index contributed by atoms with van der Waals surface area (Å²) in [7, 11) is 3.67. The Hall–Kier alpha value is -2.41. The normalized spacial score (nSPS) is 14.0. The maximum Gasteiger partial charge on any atom is 0.416 e. The van der Waals surface area contributed by atoms with E-state index in [1.54, 1.807) is 9.80 Å². The van der Waals surface area contributed by atoms with Crippen molar-refractivity contribution >= 4 is 17.8 Å². The van der Waals surface area contributed by atoms with E-state index in [4.69, 9.17) is 4.74 Å². The van der Waals surface area contributed by atoms with Crippen LogP contribution >= 0.6 is 0 Å². The molecule has 1 aromatic carbocycles. The molecule has 7 heteroatoms. The molecule has 0 aliphatic carbocycles. The first-order chi connectivity index (χ1) is 13.2. The second kappa shape index (κ2) is 9.68. The molecule has 2 rings (SSSR count). The summed E-state index contributed by atoms with van der Waals surface area (Å²) in [4.78, 5) is 32.2. The molecule has 0 unspecified atom stereocenters. The first-order valence-corrected chi connectivity index (χ1v) is 9.74. The SMILES string of the molecule is CNCCC(=O)N(C)CCc1ccc(C2=NCCN2C(=O)OC(C)(C)C)cc1. The van der Waals surface area contributed by atoms with Crippen molar-refractivity contribution in [1.29, 1.82) is 0 Å². The molecule has 1 N–H and O–H groups in total. The number of amides is 2. The van der Waals surface area contributed by atoms with Crippen molar-refractivity contribution in [3.63, 3.8) is 0 Å². The Labute approximate surface area is 167 Å². The number of likely N-dealkylation sites (N-methyl/N-ethyl adjacent to an activating group) is 1. The highest BCUT2D eigenvalue weighted by atomic mass is 16.6. The molecule has 0 saturated heterocycles. The number of hydrogen-bond donors (Lipinski definition) is 1. The van der Waals surface area contributed by atoms with Gasteiger partial charge in [-0.1, -0.05) is 24.3 Å². The molecule has 2 amide bonds. The third kappa shape index (κ3) is 6.34. The largest absolute Gasteiger partial charge is 0.443 e. The molecule has 1 aromatic rings. The summed E-state index contributed by atoms with van der Waals surface area (Å²) >= 11 is 0. The Balaban J connectivity index is 1.94. The molecule has 1 aliphatic heterocycles. The van der Waals surface area contributed by atoms with Crippen molar-refractivity contribution < 1.29 is 14.3 Å². The van der Waals surface area contributed by atoms with Gasteiger partial charge in [-0.3, -0.25) is 14.7 Å². The molecule has 0 fully saturated rings. The molecule has 1 aliphatic rings. The fraction of sp³-hybridized carbons (Fsp3) is 0.571. The van der Waals surface area contributed by atoms with E-state index in [0.717, 1.165) is 17.5 Å². The Morgan fingerprint density at radius 3 is 2.54 bits per heavy atom. The van der Waals surface area contributed by atoms with Crippen LogP contribution in [0.25, 0.3) is 0 Å². The van der Waals surface area contributed by atoms with Gasteiger partial charge in [0.05, 0.1) is 13.1 Å². The van der Waals surface area contributed by atoms with Crippen LogP contribution in [0.2, 0.25) is 0 Å². The van der Waals surface area contributed by atoms with Crippen LogP contribution in [0.15, 0.2) is 29.3 Å². The second-order valence-corrected chi connectivity index (χ2v) is 7.95. The Bertz CT molecular complexity index is 707. The van der Waals surface area contributed by atoms with Crippen LogP contribution in [0.5, 0.6) is 0 Å². The third-order valence-electron chi connectivity index (χ3n) is 4.42.